The van der Waals surface area contributed by atoms with Crippen LogP contribution >= 0.6 is 11.6 Å². The molecule has 1 atom stereocenters. The number of rotatable bonds is 4. The van der Waals surface area contributed by atoms with Gasteiger partial charge in [0.1, 0.15) is 0 Å². The number of hydrogen-bond donors (Lipinski definition) is 1. The third kappa shape index (κ3) is 3.41. The topological polar surface area (TPSA) is 64.4 Å². The van der Waals surface area contributed by atoms with E-state index in [0.29, 0.717) is 10.6 Å². The fourth-order valence-corrected chi connectivity index (χ4v) is 2.21. The number of benzene rings is 1. The van der Waals surface area contributed by atoms with Crippen LogP contribution in [-0.2, 0) is 11.3 Å². The van der Waals surface area contributed by atoms with Crippen molar-refractivity contribution in [3.8, 4) is 0 Å². The highest BCUT2D eigenvalue weighted by Crippen LogP contribution is 2.24. The fourth-order valence-electron chi connectivity index (χ4n) is 2.02. The Hall–Kier alpha value is -1.17. The van der Waals surface area contributed by atoms with E-state index < -0.39 is 4.92 Å². The number of nitro groups is 1. The Morgan fingerprint density at radius 3 is 3.06 bits per heavy atom. The van der Waals surface area contributed by atoms with Crippen molar-refractivity contribution >= 4 is 17.3 Å². The molecule has 0 saturated carbocycles. The summed E-state index contributed by atoms with van der Waals surface area (Å²) >= 11 is 5.85. The van der Waals surface area contributed by atoms with Gasteiger partial charge in [0.15, 0.2) is 0 Å². The summed E-state index contributed by atoms with van der Waals surface area (Å²) in [5, 5.41) is 14.6. The first-order chi connectivity index (χ1) is 8.66. The molecule has 1 heterocycles. The predicted octanol–water partition coefficient (Wildman–Crippen LogP) is 2.52. The van der Waals surface area contributed by atoms with Gasteiger partial charge in [-0.3, -0.25) is 10.1 Å². The van der Waals surface area contributed by atoms with Gasteiger partial charge < -0.3 is 10.1 Å². The summed E-state index contributed by atoms with van der Waals surface area (Å²) in [6.45, 7) is 2.04. The van der Waals surface area contributed by atoms with Gasteiger partial charge in [-0.05, 0) is 31.5 Å². The lowest BCUT2D eigenvalue weighted by Crippen LogP contribution is -2.35. The molecule has 18 heavy (non-hydrogen) atoms. The van der Waals surface area contributed by atoms with E-state index in [1.54, 1.807) is 6.07 Å². The van der Waals surface area contributed by atoms with E-state index in [1.807, 2.05) is 0 Å². The molecule has 2 rings (SSSR count). The number of halogens is 1. The van der Waals surface area contributed by atoms with Gasteiger partial charge in [0, 0.05) is 17.6 Å². The average molecular weight is 271 g/mol. The molecule has 1 aliphatic heterocycles. The van der Waals surface area contributed by atoms with Gasteiger partial charge in [-0.2, -0.15) is 0 Å². The van der Waals surface area contributed by atoms with Gasteiger partial charge in [0.25, 0.3) is 5.69 Å². The molecule has 6 heteroatoms. The first-order valence-corrected chi connectivity index (χ1v) is 6.30. The van der Waals surface area contributed by atoms with Crippen LogP contribution in [0.3, 0.4) is 0 Å². The second-order valence-electron chi connectivity index (χ2n) is 4.31. The van der Waals surface area contributed by atoms with Crippen LogP contribution in [0.5, 0.6) is 0 Å². The highest BCUT2D eigenvalue weighted by molar-refractivity contribution is 6.30. The maximum atomic E-state index is 10.9. The van der Waals surface area contributed by atoms with Crippen LogP contribution in [0.25, 0.3) is 0 Å². The van der Waals surface area contributed by atoms with E-state index in [9.17, 15) is 10.1 Å². The minimum absolute atomic E-state index is 0.0585. The summed E-state index contributed by atoms with van der Waals surface area (Å²) in [6, 6.07) is 4.53. The Balaban J connectivity index is 2.03. The van der Waals surface area contributed by atoms with Gasteiger partial charge in [-0.15, -0.1) is 0 Å². The molecule has 0 aliphatic carbocycles. The summed E-state index contributed by atoms with van der Waals surface area (Å²) in [4.78, 5) is 10.5. The molecule has 1 N–H and O–H groups in total. The smallest absolute Gasteiger partial charge is 0.275 e. The van der Waals surface area contributed by atoms with Crippen molar-refractivity contribution in [3.63, 3.8) is 0 Å². The number of nitrogens with zero attached hydrogens (tertiary/aromatic N) is 1. The van der Waals surface area contributed by atoms with Crippen LogP contribution in [-0.4, -0.2) is 24.1 Å². The fraction of sp³-hybridized carbons (Fsp3) is 0.500. The minimum Gasteiger partial charge on any atom is -0.372 e. The quantitative estimate of drug-likeness (QED) is 0.674. The molecule has 0 unspecified atom stereocenters. The number of nitro benzene ring substituents is 1. The van der Waals surface area contributed by atoms with E-state index in [-0.39, 0.29) is 18.4 Å². The third-order valence-electron chi connectivity index (χ3n) is 2.96. The van der Waals surface area contributed by atoms with Gasteiger partial charge in [-0.1, -0.05) is 11.6 Å². The lowest BCUT2D eigenvalue weighted by molar-refractivity contribution is -0.386. The minimum atomic E-state index is -0.409. The maximum Gasteiger partial charge on any atom is 0.275 e. The van der Waals surface area contributed by atoms with Crippen LogP contribution in [0.4, 0.5) is 5.69 Å². The molecule has 0 radical (unpaired) electrons. The zero-order valence-corrected chi connectivity index (χ0v) is 10.7. The second kappa shape index (κ2) is 6.13. The average Bonchev–Trinajstić information content (AvgIpc) is 2.37. The van der Waals surface area contributed by atoms with Crippen LogP contribution in [0.1, 0.15) is 18.4 Å². The van der Waals surface area contributed by atoms with Crippen LogP contribution < -0.4 is 5.32 Å². The predicted molar refractivity (Wildman–Crippen MR) is 68.8 cm³/mol. The Morgan fingerprint density at radius 1 is 1.56 bits per heavy atom. The van der Waals surface area contributed by atoms with Crippen LogP contribution in [0.15, 0.2) is 18.2 Å². The lowest BCUT2D eigenvalue weighted by atomic mass is 10.1. The standard InChI is InChI=1S/C12H15ClN2O3/c13-10-3-4-12(15(16)17)9(6-10)8-18-11-2-1-5-14-7-11/h3-4,6,11,14H,1-2,5,7-8H2/t11-/m0/s1. The zero-order valence-electron chi connectivity index (χ0n) is 9.89. The van der Waals surface area contributed by atoms with Gasteiger partial charge in [0.05, 0.1) is 23.2 Å². The van der Waals surface area contributed by atoms with Crippen molar-refractivity contribution < 1.29 is 9.66 Å². The maximum absolute atomic E-state index is 10.9. The molecular weight excluding hydrogens is 256 g/mol. The highest BCUT2D eigenvalue weighted by Gasteiger charge is 2.17. The SMILES string of the molecule is O=[N+]([O-])c1ccc(Cl)cc1CO[C@H]1CCCNC1. The van der Waals surface area contributed by atoms with E-state index in [1.165, 1.54) is 12.1 Å². The summed E-state index contributed by atoms with van der Waals surface area (Å²) < 4.78 is 5.69. The van der Waals surface area contributed by atoms with Gasteiger partial charge in [0.2, 0.25) is 0 Å². The van der Waals surface area contributed by atoms with Crippen molar-refractivity contribution in [1.29, 1.82) is 0 Å². The molecule has 1 aromatic rings. The number of piperidine rings is 1. The van der Waals surface area contributed by atoms with E-state index in [0.717, 1.165) is 25.9 Å². The number of nitrogens with one attached hydrogen (secondary N) is 1. The number of ether oxygens (including phenoxy) is 1. The first-order valence-electron chi connectivity index (χ1n) is 5.92. The lowest BCUT2D eigenvalue weighted by Gasteiger charge is -2.23. The molecule has 0 spiro atoms. The summed E-state index contributed by atoms with van der Waals surface area (Å²) in [7, 11) is 0. The van der Waals surface area contributed by atoms with Crippen molar-refractivity contribution in [3.05, 3.63) is 38.9 Å². The first kappa shape index (κ1) is 13.3. The largest absolute Gasteiger partial charge is 0.372 e. The Kier molecular flexibility index (Phi) is 4.52. The van der Waals surface area contributed by atoms with Gasteiger partial charge in [-0.25, -0.2) is 0 Å². The summed E-state index contributed by atoms with van der Waals surface area (Å²) in [5.74, 6) is 0. The molecule has 1 fully saturated rings. The normalized spacial score (nSPS) is 19.7. The van der Waals surface area contributed by atoms with Crippen LogP contribution in [0, 0.1) is 10.1 Å². The van der Waals surface area contributed by atoms with Crippen molar-refractivity contribution in [1.82, 2.24) is 5.32 Å². The summed E-state index contributed by atoms with van der Waals surface area (Å²) in [6.07, 6.45) is 2.18. The molecule has 1 aromatic carbocycles. The molecule has 1 aliphatic rings. The third-order valence-corrected chi connectivity index (χ3v) is 3.20. The Labute approximate surface area is 110 Å². The Bertz CT molecular complexity index is 433. The van der Waals surface area contributed by atoms with Crippen molar-refractivity contribution in [2.45, 2.75) is 25.6 Å². The molecule has 0 aromatic heterocycles. The molecular formula is C12H15ClN2O3. The summed E-state index contributed by atoms with van der Waals surface area (Å²) in [5.41, 5.74) is 0.584. The highest BCUT2D eigenvalue weighted by atomic mass is 35.5. The zero-order chi connectivity index (χ0) is 13.0. The van der Waals surface area contributed by atoms with Crippen molar-refractivity contribution in [2.24, 2.45) is 0 Å². The van der Waals surface area contributed by atoms with Crippen molar-refractivity contribution in [2.75, 3.05) is 13.1 Å². The molecule has 98 valence electrons. The molecule has 0 amide bonds. The molecule has 5 nitrogen and oxygen atoms in total. The molecule has 1 saturated heterocycles. The Morgan fingerprint density at radius 2 is 2.39 bits per heavy atom. The van der Waals surface area contributed by atoms with E-state index in [2.05, 4.69) is 5.32 Å². The van der Waals surface area contributed by atoms with E-state index in [4.69, 9.17) is 16.3 Å². The monoisotopic (exact) mass is 270 g/mol. The second-order valence-corrected chi connectivity index (χ2v) is 4.75. The van der Waals surface area contributed by atoms with E-state index >= 15 is 0 Å². The van der Waals surface area contributed by atoms with Crippen LogP contribution in [0.2, 0.25) is 5.02 Å². The molecule has 0 bridgehead atoms. The number of hydrogen-bond acceptors (Lipinski definition) is 4. The van der Waals surface area contributed by atoms with Gasteiger partial charge >= 0.3 is 0 Å².